The van der Waals surface area contributed by atoms with Crippen LogP contribution in [-0.4, -0.2) is 21.9 Å². The Bertz CT molecular complexity index is 856. The van der Waals surface area contributed by atoms with Crippen LogP contribution in [0.25, 0.3) is 0 Å². The molecule has 4 aliphatic rings. The number of ether oxygens (including phenoxy) is 1. The largest absolute Gasteiger partial charge is 4.00 e. The van der Waals surface area contributed by atoms with Crippen LogP contribution < -0.4 is 14.5 Å². The minimum atomic E-state index is 0. The number of hydrogen-bond acceptors (Lipinski definition) is 5. The Kier molecular flexibility index (Phi) is 3.94. The molecule has 0 saturated heterocycles. The summed E-state index contributed by atoms with van der Waals surface area (Å²) in [5.74, 6) is 1.36. The van der Waals surface area contributed by atoms with Crippen molar-refractivity contribution < 1.29 is 25.8 Å². The van der Waals surface area contributed by atoms with Gasteiger partial charge in [0.05, 0.1) is 0 Å². The van der Waals surface area contributed by atoms with Gasteiger partial charge in [-0.25, -0.2) is 0 Å². The molecule has 27 heavy (non-hydrogen) atoms. The van der Waals surface area contributed by atoms with Crippen molar-refractivity contribution in [3.05, 3.63) is 86.7 Å². The number of nitrogens with zero attached hydrogens (tertiary/aromatic N) is 4. The maximum atomic E-state index is 6.01. The topological polar surface area (TPSA) is 22.2 Å². The Morgan fingerprint density at radius 2 is 1.30 bits per heavy atom. The smallest absolute Gasteiger partial charge is 0.509 e. The van der Waals surface area contributed by atoms with Crippen molar-refractivity contribution in [3.8, 4) is 11.5 Å². The van der Waals surface area contributed by atoms with Gasteiger partial charge in [-0.05, 0) is 31.2 Å². The summed E-state index contributed by atoms with van der Waals surface area (Å²) < 4.78 is 6.01. The van der Waals surface area contributed by atoms with Crippen LogP contribution in [0.3, 0.4) is 0 Å². The van der Waals surface area contributed by atoms with Crippen molar-refractivity contribution in [1.29, 1.82) is 0 Å². The minimum absolute atomic E-state index is 0. The molecule has 0 N–H and O–H groups in total. The van der Waals surface area contributed by atoms with E-state index < -0.39 is 0 Å². The Hall–Kier alpha value is -2.39. The first-order valence-electron chi connectivity index (χ1n) is 8.74. The summed E-state index contributed by atoms with van der Waals surface area (Å²) >= 11 is 0. The van der Waals surface area contributed by atoms with E-state index in [1.807, 2.05) is 36.4 Å². The van der Waals surface area contributed by atoms with E-state index >= 15 is 0 Å². The third kappa shape index (κ3) is 2.90. The molecule has 1 aliphatic carbocycles. The molecule has 1 fully saturated rings. The predicted molar refractivity (Wildman–Crippen MR) is 98.3 cm³/mol. The molecule has 0 aromatic heterocycles. The first kappa shape index (κ1) is 16.8. The number of anilines is 2. The Labute approximate surface area is 173 Å². The van der Waals surface area contributed by atoms with E-state index in [0.717, 1.165) is 17.8 Å². The SMILES string of the molecule is [Pt+4].[c-]1c2cccc1N1C=CN([CH-]1)C1CC1N1C=CN([CH-]1)c1[c-]c(ccc1)O2. The van der Waals surface area contributed by atoms with Gasteiger partial charge < -0.3 is 24.3 Å². The van der Waals surface area contributed by atoms with Crippen molar-refractivity contribution in [2.45, 2.75) is 18.5 Å². The summed E-state index contributed by atoms with van der Waals surface area (Å²) in [5.41, 5.74) is 1.92. The standard InChI is InChI=1S/C21H16N4O.Pt/c1-3-16-11-18(5-1)26-19-6-2-4-17(12-19)23-8-10-25(15-23)21-13-20(21)24-9-7-22(16)14-24;/h1-10,14-15,20-21H,13H2;/q-4;+4. The maximum absolute atomic E-state index is 6.01. The van der Waals surface area contributed by atoms with Crippen molar-refractivity contribution in [1.82, 2.24) is 9.80 Å². The number of rotatable bonds is 0. The van der Waals surface area contributed by atoms with E-state index in [0.29, 0.717) is 23.6 Å². The van der Waals surface area contributed by atoms with Gasteiger partial charge in [0.2, 0.25) is 0 Å². The summed E-state index contributed by atoms with van der Waals surface area (Å²) in [7, 11) is 0. The third-order valence-electron chi connectivity index (χ3n) is 5.09. The summed E-state index contributed by atoms with van der Waals surface area (Å²) in [4.78, 5) is 8.72. The van der Waals surface area contributed by atoms with Gasteiger partial charge in [-0.15, -0.1) is 47.8 Å². The molecule has 2 unspecified atom stereocenters. The van der Waals surface area contributed by atoms with E-state index in [-0.39, 0.29) is 21.1 Å². The summed E-state index contributed by atoms with van der Waals surface area (Å²) in [6.07, 6.45) is 9.54. The minimum Gasteiger partial charge on any atom is -0.509 e. The monoisotopic (exact) mass is 535 g/mol. The summed E-state index contributed by atoms with van der Waals surface area (Å²) in [6, 6.07) is 19.5. The van der Waals surface area contributed by atoms with Gasteiger partial charge >= 0.3 is 21.1 Å². The maximum Gasteiger partial charge on any atom is 4.00 e. The molecule has 3 heterocycles. The molecule has 3 aliphatic heterocycles. The number of hydrogen-bond donors (Lipinski definition) is 0. The van der Waals surface area contributed by atoms with Gasteiger partial charge in [0.15, 0.2) is 0 Å². The van der Waals surface area contributed by atoms with Crippen LogP contribution in [0.2, 0.25) is 0 Å². The molecule has 0 spiro atoms. The van der Waals surface area contributed by atoms with Crippen LogP contribution in [0, 0.1) is 25.5 Å². The molecule has 6 heteroatoms. The molecule has 0 amide bonds. The van der Waals surface area contributed by atoms with Crippen LogP contribution in [0.4, 0.5) is 11.4 Å². The molecule has 1 saturated carbocycles. The van der Waals surface area contributed by atoms with Crippen LogP contribution in [-0.2, 0) is 21.1 Å². The fraction of sp³-hybridized carbons (Fsp3) is 0.143. The van der Waals surface area contributed by atoms with E-state index in [1.54, 1.807) is 0 Å². The first-order chi connectivity index (χ1) is 12.8. The molecular weight excluding hydrogens is 519 g/mol. The Morgan fingerprint density at radius 1 is 0.778 bits per heavy atom. The van der Waals surface area contributed by atoms with Crippen LogP contribution in [0.15, 0.2) is 61.2 Å². The summed E-state index contributed by atoms with van der Waals surface area (Å²) in [5, 5.41) is 0. The van der Waals surface area contributed by atoms with Crippen molar-refractivity contribution >= 4 is 11.4 Å². The molecule has 8 bridgehead atoms. The van der Waals surface area contributed by atoms with Crippen molar-refractivity contribution in [2.75, 3.05) is 9.80 Å². The third-order valence-corrected chi connectivity index (χ3v) is 5.09. The molecule has 2 atom stereocenters. The van der Waals surface area contributed by atoms with E-state index in [1.165, 1.54) is 0 Å². The Balaban J connectivity index is 0.00000160. The quantitative estimate of drug-likeness (QED) is 0.480. The van der Waals surface area contributed by atoms with Crippen LogP contribution in [0.1, 0.15) is 6.42 Å². The van der Waals surface area contributed by atoms with Gasteiger partial charge in [-0.2, -0.15) is 25.5 Å². The molecular formula is C21H16N4OPt. The van der Waals surface area contributed by atoms with Crippen molar-refractivity contribution in [2.24, 2.45) is 0 Å². The fourth-order valence-corrected chi connectivity index (χ4v) is 3.64. The number of benzene rings is 2. The molecule has 5 nitrogen and oxygen atoms in total. The molecule has 2 aromatic rings. The second-order valence-corrected chi connectivity index (χ2v) is 6.81. The molecule has 0 radical (unpaired) electrons. The molecule has 136 valence electrons. The van der Waals surface area contributed by atoms with Gasteiger partial charge in [0.1, 0.15) is 0 Å². The zero-order chi connectivity index (χ0) is 17.1. The normalized spacial score (nSPS) is 24.0. The average Bonchev–Trinajstić information content (AvgIpc) is 3.09. The molecule has 6 rings (SSSR count). The van der Waals surface area contributed by atoms with Gasteiger partial charge in [0, 0.05) is 23.6 Å². The van der Waals surface area contributed by atoms with Gasteiger partial charge in [0.25, 0.3) is 0 Å². The predicted octanol–water partition coefficient (Wildman–Crippen LogP) is 3.66. The number of fused-ring (bicyclic) bond motifs is 13. The first-order valence-corrected chi connectivity index (χ1v) is 8.74. The fourth-order valence-electron chi connectivity index (χ4n) is 3.64. The van der Waals surface area contributed by atoms with Gasteiger partial charge in [-0.3, -0.25) is 0 Å². The van der Waals surface area contributed by atoms with E-state index in [4.69, 9.17) is 4.74 Å². The average molecular weight is 535 g/mol. The van der Waals surface area contributed by atoms with Crippen LogP contribution in [0.5, 0.6) is 11.5 Å². The zero-order valence-corrected chi connectivity index (χ0v) is 16.6. The zero-order valence-electron chi connectivity index (χ0n) is 14.3. The Morgan fingerprint density at radius 3 is 1.81 bits per heavy atom. The van der Waals surface area contributed by atoms with E-state index in [2.05, 4.69) is 69.9 Å². The van der Waals surface area contributed by atoms with Crippen LogP contribution >= 0.6 is 0 Å². The van der Waals surface area contributed by atoms with Gasteiger partial charge in [-0.1, -0.05) is 0 Å². The second kappa shape index (κ2) is 6.35. The summed E-state index contributed by atoms with van der Waals surface area (Å²) in [6.45, 7) is 4.26. The molecule has 2 aromatic carbocycles. The second-order valence-electron chi connectivity index (χ2n) is 6.81. The van der Waals surface area contributed by atoms with Crippen molar-refractivity contribution in [3.63, 3.8) is 0 Å². The van der Waals surface area contributed by atoms with E-state index in [9.17, 15) is 0 Å².